The van der Waals surface area contributed by atoms with Crippen molar-refractivity contribution in [2.75, 3.05) is 27.2 Å². The fraction of sp³-hybridized carbons (Fsp3) is 0.625. The van der Waals surface area contributed by atoms with Crippen LogP contribution in [-0.2, 0) is 0 Å². The smallest absolute Gasteiger partial charge is 0.122 e. The average Bonchev–Trinajstić information content (AvgIpc) is 2.27. The highest BCUT2D eigenvalue weighted by Crippen LogP contribution is 2.27. The zero-order valence-corrected chi connectivity index (χ0v) is 12.5. The van der Waals surface area contributed by atoms with E-state index in [4.69, 9.17) is 4.74 Å². The molecule has 0 heterocycles. The van der Waals surface area contributed by atoms with Crippen molar-refractivity contribution in [1.82, 2.24) is 0 Å². The van der Waals surface area contributed by atoms with Crippen LogP contribution in [0.1, 0.15) is 43.7 Å². The lowest BCUT2D eigenvalue weighted by Crippen LogP contribution is -3.05. The lowest BCUT2D eigenvalue weighted by molar-refractivity contribution is -0.858. The predicted octanol–water partition coefficient (Wildman–Crippen LogP) is 2.42. The Labute approximate surface area is 112 Å². The Morgan fingerprint density at radius 1 is 1.17 bits per heavy atom. The third-order valence-electron chi connectivity index (χ3n) is 3.12. The first-order valence-electron chi connectivity index (χ1n) is 7.03. The molecule has 0 amide bonds. The Balaban J connectivity index is 2.48. The van der Waals surface area contributed by atoms with Crippen molar-refractivity contribution in [3.8, 4) is 5.75 Å². The zero-order valence-electron chi connectivity index (χ0n) is 12.5. The van der Waals surface area contributed by atoms with Gasteiger partial charge in [-0.1, -0.05) is 26.0 Å². The van der Waals surface area contributed by atoms with Crippen LogP contribution in [0.5, 0.6) is 5.75 Å². The van der Waals surface area contributed by atoms with Crippen LogP contribution in [0.4, 0.5) is 0 Å². The maximum Gasteiger partial charge on any atom is 0.122 e. The number of hydrogen-bond donors (Lipinski definition) is 1. The molecule has 18 heavy (non-hydrogen) atoms. The van der Waals surface area contributed by atoms with E-state index in [1.54, 1.807) is 0 Å². The Bertz CT molecular complexity index is 358. The molecule has 1 N–H and O–H groups in total. The number of quaternary nitrogens is 1. The summed E-state index contributed by atoms with van der Waals surface area (Å²) in [5.41, 5.74) is 2.59. The molecule has 0 aliphatic rings. The van der Waals surface area contributed by atoms with Crippen molar-refractivity contribution >= 4 is 0 Å². The quantitative estimate of drug-likeness (QED) is 0.734. The summed E-state index contributed by atoms with van der Waals surface area (Å²) in [6, 6.07) is 6.52. The van der Waals surface area contributed by atoms with Crippen LogP contribution in [0.25, 0.3) is 0 Å². The lowest BCUT2D eigenvalue weighted by Gasteiger charge is -2.15. The third-order valence-corrected chi connectivity index (χ3v) is 3.12. The minimum Gasteiger partial charge on any atom is -0.493 e. The van der Waals surface area contributed by atoms with Gasteiger partial charge in [-0.2, -0.15) is 0 Å². The molecule has 1 aromatic rings. The third kappa shape index (κ3) is 5.09. The molecule has 0 bridgehead atoms. The zero-order chi connectivity index (χ0) is 13.5. The molecular formula is C16H28NO+. The van der Waals surface area contributed by atoms with E-state index in [1.807, 2.05) is 0 Å². The van der Waals surface area contributed by atoms with Gasteiger partial charge in [0.05, 0.1) is 27.2 Å². The van der Waals surface area contributed by atoms with Crippen molar-refractivity contribution in [3.05, 3.63) is 29.3 Å². The molecule has 0 saturated carbocycles. The number of hydrogen-bond acceptors (Lipinski definition) is 1. The summed E-state index contributed by atoms with van der Waals surface area (Å²) in [6.07, 6.45) is 2.36. The monoisotopic (exact) mass is 250 g/mol. The summed E-state index contributed by atoms with van der Waals surface area (Å²) < 4.78 is 5.95. The summed E-state index contributed by atoms with van der Waals surface area (Å²) >= 11 is 0. The molecule has 0 unspecified atom stereocenters. The predicted molar refractivity (Wildman–Crippen MR) is 77.7 cm³/mol. The SMILES string of the molecule is Cc1ccc(C(C)C)c(OCCCC[NH+](C)C)c1. The second-order valence-electron chi connectivity index (χ2n) is 5.71. The first kappa shape index (κ1) is 15.0. The highest BCUT2D eigenvalue weighted by molar-refractivity contribution is 5.39. The van der Waals surface area contributed by atoms with Gasteiger partial charge in [-0.15, -0.1) is 0 Å². The molecular weight excluding hydrogens is 222 g/mol. The number of aryl methyl sites for hydroxylation is 1. The molecule has 0 spiro atoms. The van der Waals surface area contributed by atoms with Crippen LogP contribution >= 0.6 is 0 Å². The highest BCUT2D eigenvalue weighted by atomic mass is 16.5. The highest BCUT2D eigenvalue weighted by Gasteiger charge is 2.07. The fourth-order valence-corrected chi connectivity index (χ4v) is 2.01. The van der Waals surface area contributed by atoms with Gasteiger partial charge in [-0.25, -0.2) is 0 Å². The molecule has 0 aromatic heterocycles. The van der Waals surface area contributed by atoms with Crippen molar-refractivity contribution in [2.45, 2.75) is 39.5 Å². The van der Waals surface area contributed by atoms with Gasteiger partial charge < -0.3 is 9.64 Å². The number of rotatable bonds is 7. The largest absolute Gasteiger partial charge is 0.493 e. The van der Waals surface area contributed by atoms with E-state index in [9.17, 15) is 0 Å². The maximum atomic E-state index is 5.95. The molecule has 0 saturated heterocycles. The Morgan fingerprint density at radius 2 is 1.89 bits per heavy atom. The van der Waals surface area contributed by atoms with E-state index >= 15 is 0 Å². The Kier molecular flexibility index (Phi) is 6.20. The summed E-state index contributed by atoms with van der Waals surface area (Å²) in [5.74, 6) is 1.59. The topological polar surface area (TPSA) is 13.7 Å². The van der Waals surface area contributed by atoms with Crippen LogP contribution < -0.4 is 9.64 Å². The van der Waals surface area contributed by atoms with E-state index < -0.39 is 0 Å². The van der Waals surface area contributed by atoms with Gasteiger partial charge in [-0.05, 0) is 42.9 Å². The standard InChI is InChI=1S/C16H27NO/c1-13(2)15-9-8-14(3)12-16(15)18-11-7-6-10-17(4)5/h8-9,12-13H,6-7,10-11H2,1-5H3/p+1. The first-order valence-corrected chi connectivity index (χ1v) is 7.03. The van der Waals surface area contributed by atoms with Gasteiger partial charge in [0.15, 0.2) is 0 Å². The summed E-state index contributed by atoms with van der Waals surface area (Å²) in [6.45, 7) is 8.59. The van der Waals surface area contributed by atoms with E-state index in [0.29, 0.717) is 5.92 Å². The molecule has 0 aliphatic heterocycles. The van der Waals surface area contributed by atoms with E-state index in [2.05, 4.69) is 53.1 Å². The van der Waals surface area contributed by atoms with Crippen LogP contribution in [-0.4, -0.2) is 27.2 Å². The van der Waals surface area contributed by atoms with Crippen LogP contribution in [0.15, 0.2) is 18.2 Å². The average molecular weight is 250 g/mol. The first-order chi connectivity index (χ1) is 8.50. The van der Waals surface area contributed by atoms with Crippen molar-refractivity contribution in [1.29, 1.82) is 0 Å². The molecule has 1 rings (SSSR count). The number of unbranched alkanes of at least 4 members (excludes halogenated alkanes) is 1. The van der Waals surface area contributed by atoms with Crippen molar-refractivity contribution in [3.63, 3.8) is 0 Å². The van der Waals surface area contributed by atoms with Crippen LogP contribution in [0.3, 0.4) is 0 Å². The van der Waals surface area contributed by atoms with Gasteiger partial charge in [0.25, 0.3) is 0 Å². The molecule has 0 aliphatic carbocycles. The molecule has 2 heteroatoms. The molecule has 102 valence electrons. The van der Waals surface area contributed by atoms with E-state index in [1.165, 1.54) is 29.0 Å². The summed E-state index contributed by atoms with van der Waals surface area (Å²) in [5, 5.41) is 0. The second kappa shape index (κ2) is 7.42. The number of ether oxygens (including phenoxy) is 1. The van der Waals surface area contributed by atoms with Gasteiger partial charge in [0.1, 0.15) is 5.75 Å². The maximum absolute atomic E-state index is 5.95. The minimum atomic E-state index is 0.520. The van der Waals surface area contributed by atoms with Gasteiger partial charge in [0.2, 0.25) is 0 Å². The van der Waals surface area contributed by atoms with Crippen molar-refractivity contribution in [2.24, 2.45) is 0 Å². The molecule has 0 fully saturated rings. The van der Waals surface area contributed by atoms with E-state index in [-0.39, 0.29) is 0 Å². The Hall–Kier alpha value is -1.02. The molecule has 0 radical (unpaired) electrons. The fourth-order valence-electron chi connectivity index (χ4n) is 2.01. The normalized spacial score (nSPS) is 11.3. The summed E-state index contributed by atoms with van der Waals surface area (Å²) in [7, 11) is 4.39. The number of nitrogens with one attached hydrogen (secondary N) is 1. The Morgan fingerprint density at radius 3 is 2.50 bits per heavy atom. The van der Waals surface area contributed by atoms with Crippen LogP contribution in [0.2, 0.25) is 0 Å². The second-order valence-corrected chi connectivity index (χ2v) is 5.71. The molecule has 2 nitrogen and oxygen atoms in total. The van der Waals surface area contributed by atoms with Gasteiger partial charge in [0, 0.05) is 0 Å². The van der Waals surface area contributed by atoms with E-state index in [0.717, 1.165) is 18.8 Å². The van der Waals surface area contributed by atoms with Gasteiger partial charge in [-0.3, -0.25) is 0 Å². The molecule has 1 aromatic carbocycles. The number of benzene rings is 1. The summed E-state index contributed by atoms with van der Waals surface area (Å²) in [4.78, 5) is 1.51. The van der Waals surface area contributed by atoms with Gasteiger partial charge >= 0.3 is 0 Å². The lowest BCUT2D eigenvalue weighted by atomic mass is 10.0. The molecule has 0 atom stereocenters. The minimum absolute atomic E-state index is 0.520. The van der Waals surface area contributed by atoms with Crippen molar-refractivity contribution < 1.29 is 9.64 Å². The van der Waals surface area contributed by atoms with Crippen LogP contribution in [0, 0.1) is 6.92 Å².